The van der Waals surface area contributed by atoms with Crippen LogP contribution in [0.25, 0.3) is 0 Å². The fraction of sp³-hybridized carbons (Fsp3) is 0.500. The predicted molar refractivity (Wildman–Crippen MR) is 65.3 cm³/mol. The van der Waals surface area contributed by atoms with Gasteiger partial charge in [0.2, 0.25) is 5.91 Å². The van der Waals surface area contributed by atoms with Gasteiger partial charge in [-0.15, -0.1) is 11.3 Å². The summed E-state index contributed by atoms with van der Waals surface area (Å²) in [7, 11) is 0. The number of likely N-dealkylation sites (tertiary alicyclic amines) is 1. The van der Waals surface area contributed by atoms with E-state index in [9.17, 15) is 4.79 Å². The Bertz CT molecular complexity index is 353. The van der Waals surface area contributed by atoms with Crippen LogP contribution in [0.3, 0.4) is 0 Å². The largest absolute Gasteiger partial charge is 0.339 e. The minimum atomic E-state index is 0.0627. The van der Waals surface area contributed by atoms with Gasteiger partial charge in [-0.2, -0.15) is 0 Å². The molecule has 0 N–H and O–H groups in total. The van der Waals surface area contributed by atoms with E-state index in [2.05, 4.69) is 11.6 Å². The van der Waals surface area contributed by atoms with E-state index in [4.69, 9.17) is 0 Å². The number of piperidine rings is 1. The molecule has 2 heterocycles. The van der Waals surface area contributed by atoms with Crippen LogP contribution < -0.4 is 0 Å². The second kappa shape index (κ2) is 5.25. The van der Waals surface area contributed by atoms with Gasteiger partial charge in [0.25, 0.3) is 0 Å². The first-order valence-electron chi connectivity index (χ1n) is 5.59. The van der Waals surface area contributed by atoms with Crippen LogP contribution in [0.15, 0.2) is 24.2 Å². The summed E-state index contributed by atoms with van der Waals surface area (Å²) in [5.74, 6) is 0.743. The highest BCUT2D eigenvalue weighted by molar-refractivity contribution is 7.09. The minimum absolute atomic E-state index is 0.0627. The van der Waals surface area contributed by atoms with Crippen LogP contribution in [0.2, 0.25) is 0 Å². The molecule has 1 amide bonds. The quantitative estimate of drug-likeness (QED) is 0.753. The van der Waals surface area contributed by atoms with E-state index in [1.165, 1.54) is 11.1 Å². The molecule has 1 aromatic rings. The zero-order valence-electron chi connectivity index (χ0n) is 9.26. The molecule has 0 saturated carbocycles. The van der Waals surface area contributed by atoms with Crippen molar-refractivity contribution in [3.8, 4) is 0 Å². The summed E-state index contributed by atoms with van der Waals surface area (Å²) in [6.45, 7) is 5.24. The maximum Gasteiger partial charge on any atom is 0.245 e. The first-order valence-corrected chi connectivity index (χ1v) is 6.47. The second-order valence-electron chi connectivity index (χ2n) is 4.10. The van der Waals surface area contributed by atoms with Crippen LogP contribution in [0.4, 0.5) is 0 Å². The lowest BCUT2D eigenvalue weighted by Crippen LogP contribution is -2.37. The fourth-order valence-corrected chi connectivity index (χ4v) is 2.82. The molecule has 0 radical (unpaired) electrons. The third-order valence-electron chi connectivity index (χ3n) is 3.05. The maximum atomic E-state index is 11.4. The highest BCUT2D eigenvalue weighted by Gasteiger charge is 2.21. The van der Waals surface area contributed by atoms with Gasteiger partial charge in [0.05, 0.1) is 5.01 Å². The molecule has 16 heavy (non-hydrogen) atoms. The van der Waals surface area contributed by atoms with Gasteiger partial charge >= 0.3 is 0 Å². The summed E-state index contributed by atoms with van der Waals surface area (Å²) >= 11 is 1.72. The Kier molecular flexibility index (Phi) is 3.72. The highest BCUT2D eigenvalue weighted by atomic mass is 32.1. The molecule has 86 valence electrons. The lowest BCUT2D eigenvalue weighted by Gasteiger charge is -2.30. The molecule has 3 nitrogen and oxygen atoms in total. The van der Waals surface area contributed by atoms with Gasteiger partial charge in [-0.05, 0) is 24.8 Å². The molecule has 0 spiro atoms. The number of carbonyl (C=O) groups excluding carboxylic acids is 1. The summed E-state index contributed by atoms with van der Waals surface area (Å²) in [6, 6.07) is 0. The smallest absolute Gasteiger partial charge is 0.245 e. The molecule has 1 aliphatic heterocycles. The van der Waals surface area contributed by atoms with Gasteiger partial charge in [-0.1, -0.05) is 6.58 Å². The monoisotopic (exact) mass is 236 g/mol. The van der Waals surface area contributed by atoms with Crippen molar-refractivity contribution in [1.29, 1.82) is 0 Å². The van der Waals surface area contributed by atoms with Crippen molar-refractivity contribution in [3.05, 3.63) is 29.2 Å². The van der Waals surface area contributed by atoms with Crippen molar-refractivity contribution in [1.82, 2.24) is 9.88 Å². The summed E-state index contributed by atoms with van der Waals surface area (Å²) in [4.78, 5) is 17.6. The fourth-order valence-electron chi connectivity index (χ4n) is 2.09. The van der Waals surface area contributed by atoms with Gasteiger partial charge in [0.1, 0.15) is 0 Å². The van der Waals surface area contributed by atoms with Crippen LogP contribution in [0.1, 0.15) is 17.8 Å². The molecule has 1 aliphatic rings. The number of nitrogens with zero attached hydrogens (tertiary/aromatic N) is 2. The van der Waals surface area contributed by atoms with Gasteiger partial charge in [-0.3, -0.25) is 4.79 Å². The summed E-state index contributed by atoms with van der Waals surface area (Å²) in [6.07, 6.45) is 6.49. The topological polar surface area (TPSA) is 33.2 Å². The molecule has 0 unspecified atom stereocenters. The SMILES string of the molecule is C=CC(=O)N1CCC(Cc2nccs2)CC1. The molecule has 2 rings (SSSR count). The minimum Gasteiger partial charge on any atom is -0.339 e. The average molecular weight is 236 g/mol. The second-order valence-corrected chi connectivity index (χ2v) is 5.08. The molecule has 4 heteroatoms. The first kappa shape index (κ1) is 11.3. The lowest BCUT2D eigenvalue weighted by molar-refractivity contribution is -0.127. The third kappa shape index (κ3) is 2.70. The number of aromatic nitrogens is 1. The van der Waals surface area contributed by atoms with E-state index in [-0.39, 0.29) is 5.91 Å². The molecular weight excluding hydrogens is 220 g/mol. The molecule has 1 saturated heterocycles. The molecule has 1 aromatic heterocycles. The van der Waals surface area contributed by atoms with Crippen molar-refractivity contribution in [2.24, 2.45) is 5.92 Å². The Labute approximate surface area is 99.8 Å². The zero-order valence-corrected chi connectivity index (χ0v) is 10.1. The molecule has 0 aromatic carbocycles. The van der Waals surface area contributed by atoms with Gasteiger partial charge in [0, 0.05) is 31.1 Å². The van der Waals surface area contributed by atoms with Crippen molar-refractivity contribution in [3.63, 3.8) is 0 Å². The summed E-state index contributed by atoms with van der Waals surface area (Å²) in [5.41, 5.74) is 0. The van der Waals surface area contributed by atoms with Gasteiger partial charge in [0.15, 0.2) is 0 Å². The van der Waals surface area contributed by atoms with E-state index >= 15 is 0 Å². The van der Waals surface area contributed by atoms with E-state index in [1.807, 2.05) is 16.5 Å². The summed E-state index contributed by atoms with van der Waals surface area (Å²) < 4.78 is 0. The number of hydrogen-bond donors (Lipinski definition) is 0. The molecule has 0 bridgehead atoms. The standard InChI is InChI=1S/C12H16N2OS/c1-2-12(15)14-6-3-10(4-7-14)9-11-13-5-8-16-11/h2,5,8,10H,1,3-4,6-7,9H2. The number of thiazole rings is 1. The molecule has 1 fully saturated rings. The number of rotatable bonds is 3. The third-order valence-corrected chi connectivity index (χ3v) is 3.85. The van der Waals surface area contributed by atoms with Gasteiger partial charge in [-0.25, -0.2) is 4.98 Å². The van der Waals surface area contributed by atoms with Crippen LogP contribution >= 0.6 is 11.3 Å². The molecule has 0 atom stereocenters. The average Bonchev–Trinajstić information content (AvgIpc) is 2.82. The number of hydrogen-bond acceptors (Lipinski definition) is 3. The van der Waals surface area contributed by atoms with Crippen molar-refractivity contribution < 1.29 is 4.79 Å². The first-order chi connectivity index (χ1) is 7.79. The Morgan fingerprint density at radius 1 is 1.62 bits per heavy atom. The van der Waals surface area contributed by atoms with E-state index in [0.717, 1.165) is 32.4 Å². The van der Waals surface area contributed by atoms with E-state index in [1.54, 1.807) is 11.3 Å². The normalized spacial score (nSPS) is 17.4. The van der Waals surface area contributed by atoms with Crippen molar-refractivity contribution in [2.45, 2.75) is 19.3 Å². The molecule has 0 aliphatic carbocycles. The summed E-state index contributed by atoms with van der Waals surface area (Å²) in [5, 5.41) is 3.24. The zero-order chi connectivity index (χ0) is 11.4. The van der Waals surface area contributed by atoms with Crippen LogP contribution in [0.5, 0.6) is 0 Å². The Balaban J connectivity index is 1.81. The number of amides is 1. The van der Waals surface area contributed by atoms with Crippen LogP contribution in [-0.4, -0.2) is 28.9 Å². The van der Waals surface area contributed by atoms with Crippen LogP contribution in [-0.2, 0) is 11.2 Å². The Hall–Kier alpha value is -1.16. The van der Waals surface area contributed by atoms with E-state index < -0.39 is 0 Å². The van der Waals surface area contributed by atoms with Gasteiger partial charge < -0.3 is 4.90 Å². The predicted octanol–water partition coefficient (Wildman–Crippen LogP) is 2.11. The van der Waals surface area contributed by atoms with Crippen molar-refractivity contribution in [2.75, 3.05) is 13.1 Å². The lowest BCUT2D eigenvalue weighted by atomic mass is 9.94. The van der Waals surface area contributed by atoms with Crippen molar-refractivity contribution >= 4 is 17.2 Å². The Morgan fingerprint density at radius 2 is 2.38 bits per heavy atom. The van der Waals surface area contributed by atoms with Crippen LogP contribution in [0, 0.1) is 5.92 Å². The van der Waals surface area contributed by atoms with E-state index in [0.29, 0.717) is 5.92 Å². The highest BCUT2D eigenvalue weighted by Crippen LogP contribution is 2.22. The Morgan fingerprint density at radius 3 is 2.94 bits per heavy atom. The maximum absolute atomic E-state index is 11.4. The molecular formula is C12H16N2OS. The number of carbonyl (C=O) groups is 1.